The van der Waals surface area contributed by atoms with Crippen molar-refractivity contribution in [2.75, 3.05) is 7.05 Å². The van der Waals surface area contributed by atoms with Crippen LogP contribution in [0.4, 0.5) is 0 Å². The Morgan fingerprint density at radius 1 is 1.64 bits per heavy atom. The van der Waals surface area contributed by atoms with Crippen LogP contribution in [-0.4, -0.2) is 34.1 Å². The molecule has 0 bridgehead atoms. The maximum absolute atomic E-state index is 11.8. The molecule has 4 nitrogen and oxygen atoms in total. The Morgan fingerprint density at radius 2 is 2.36 bits per heavy atom. The van der Waals surface area contributed by atoms with Gasteiger partial charge in [0.2, 0.25) is 0 Å². The van der Waals surface area contributed by atoms with Gasteiger partial charge in [0, 0.05) is 18.8 Å². The molecule has 1 aliphatic carbocycles. The molecule has 1 N–H and O–H groups in total. The molecule has 1 aromatic heterocycles. The van der Waals surface area contributed by atoms with Crippen molar-refractivity contribution in [2.24, 2.45) is 0 Å². The number of hydrogen-bond acceptors (Lipinski definition) is 2. The predicted octanol–water partition coefficient (Wildman–Crippen LogP) is 1.34. The van der Waals surface area contributed by atoms with E-state index in [1.165, 1.54) is 6.42 Å². The molecule has 1 amide bonds. The second-order valence-electron chi connectivity index (χ2n) is 3.94. The minimum Gasteiger partial charge on any atom is -0.337 e. The Morgan fingerprint density at radius 3 is 2.79 bits per heavy atom. The van der Waals surface area contributed by atoms with Gasteiger partial charge >= 0.3 is 0 Å². The van der Waals surface area contributed by atoms with E-state index in [0.29, 0.717) is 11.7 Å². The fourth-order valence-corrected chi connectivity index (χ4v) is 1.65. The Labute approximate surface area is 83.3 Å². The van der Waals surface area contributed by atoms with E-state index in [9.17, 15) is 4.79 Å². The lowest BCUT2D eigenvalue weighted by Gasteiger charge is -2.34. The molecule has 0 unspecified atom stereocenters. The van der Waals surface area contributed by atoms with Gasteiger partial charge in [0.15, 0.2) is 0 Å². The summed E-state index contributed by atoms with van der Waals surface area (Å²) in [6, 6.07) is 2.22. The van der Waals surface area contributed by atoms with E-state index in [0.717, 1.165) is 18.5 Å². The van der Waals surface area contributed by atoms with Crippen LogP contribution >= 0.6 is 0 Å². The first-order valence-corrected chi connectivity index (χ1v) is 4.97. The molecular formula is C10H15N3O. The molecule has 14 heavy (non-hydrogen) atoms. The van der Waals surface area contributed by atoms with Gasteiger partial charge in [-0.2, -0.15) is 5.10 Å². The third-order valence-electron chi connectivity index (χ3n) is 2.87. The number of aromatic amines is 1. The highest BCUT2D eigenvalue weighted by molar-refractivity contribution is 5.92. The zero-order chi connectivity index (χ0) is 10.1. The maximum atomic E-state index is 11.8. The van der Waals surface area contributed by atoms with Crippen molar-refractivity contribution >= 4 is 5.91 Å². The zero-order valence-electron chi connectivity index (χ0n) is 8.58. The molecule has 4 heteroatoms. The number of nitrogens with one attached hydrogen (secondary N) is 1. The average Bonchev–Trinajstić information content (AvgIpc) is 2.47. The highest BCUT2D eigenvalue weighted by Crippen LogP contribution is 2.24. The maximum Gasteiger partial charge on any atom is 0.274 e. The Balaban J connectivity index is 2.07. The molecule has 2 rings (SSSR count). The number of carbonyl (C=O) groups excluding carboxylic acids is 1. The molecule has 0 radical (unpaired) electrons. The molecule has 1 aliphatic rings. The topological polar surface area (TPSA) is 49.0 Å². The summed E-state index contributed by atoms with van der Waals surface area (Å²) in [5.41, 5.74) is 1.45. The smallest absolute Gasteiger partial charge is 0.274 e. The largest absolute Gasteiger partial charge is 0.337 e. The van der Waals surface area contributed by atoms with Crippen molar-refractivity contribution in [3.63, 3.8) is 0 Å². The molecule has 0 atom stereocenters. The van der Waals surface area contributed by atoms with Crippen molar-refractivity contribution in [2.45, 2.75) is 32.2 Å². The standard InChI is InChI=1S/C10H15N3O/c1-7-6-9(12-11-7)10(14)13(2)8-4-3-5-8/h6,8H,3-5H2,1-2H3,(H,11,12). The molecule has 1 heterocycles. The van der Waals surface area contributed by atoms with Gasteiger partial charge < -0.3 is 4.90 Å². The number of rotatable bonds is 2. The second-order valence-corrected chi connectivity index (χ2v) is 3.94. The van der Waals surface area contributed by atoms with E-state index in [4.69, 9.17) is 0 Å². The molecule has 1 saturated carbocycles. The number of H-pyrrole nitrogens is 1. The number of hydrogen-bond donors (Lipinski definition) is 1. The number of carbonyl (C=O) groups is 1. The number of aryl methyl sites for hydroxylation is 1. The fourth-order valence-electron chi connectivity index (χ4n) is 1.65. The molecule has 1 fully saturated rings. The van der Waals surface area contributed by atoms with E-state index in [1.54, 1.807) is 11.0 Å². The Hall–Kier alpha value is -1.32. The van der Waals surface area contributed by atoms with Crippen LogP contribution < -0.4 is 0 Å². The molecular weight excluding hydrogens is 178 g/mol. The van der Waals surface area contributed by atoms with E-state index in [2.05, 4.69) is 10.2 Å². The minimum absolute atomic E-state index is 0.0269. The highest BCUT2D eigenvalue weighted by Gasteiger charge is 2.27. The van der Waals surface area contributed by atoms with Gasteiger partial charge in [0.25, 0.3) is 5.91 Å². The van der Waals surface area contributed by atoms with Crippen LogP contribution in [0.1, 0.15) is 35.4 Å². The fraction of sp³-hybridized carbons (Fsp3) is 0.600. The van der Waals surface area contributed by atoms with Gasteiger partial charge in [-0.25, -0.2) is 0 Å². The van der Waals surface area contributed by atoms with Crippen molar-refractivity contribution in [3.05, 3.63) is 17.5 Å². The first-order valence-electron chi connectivity index (χ1n) is 4.97. The van der Waals surface area contributed by atoms with Crippen LogP contribution in [0.3, 0.4) is 0 Å². The molecule has 0 spiro atoms. The Kier molecular flexibility index (Phi) is 2.27. The third-order valence-corrected chi connectivity index (χ3v) is 2.87. The number of aromatic nitrogens is 2. The summed E-state index contributed by atoms with van der Waals surface area (Å²) in [4.78, 5) is 13.6. The van der Waals surface area contributed by atoms with Gasteiger partial charge in [-0.1, -0.05) is 0 Å². The summed E-state index contributed by atoms with van der Waals surface area (Å²) in [5.74, 6) is 0.0269. The third kappa shape index (κ3) is 1.52. The molecule has 0 aromatic carbocycles. The molecule has 76 valence electrons. The van der Waals surface area contributed by atoms with E-state index >= 15 is 0 Å². The van der Waals surface area contributed by atoms with Crippen LogP contribution in [-0.2, 0) is 0 Å². The van der Waals surface area contributed by atoms with Gasteiger partial charge in [-0.3, -0.25) is 9.89 Å². The summed E-state index contributed by atoms with van der Waals surface area (Å²) in [5, 5.41) is 6.74. The summed E-state index contributed by atoms with van der Waals surface area (Å²) in [6.45, 7) is 1.90. The summed E-state index contributed by atoms with van der Waals surface area (Å²) in [6.07, 6.45) is 3.50. The highest BCUT2D eigenvalue weighted by atomic mass is 16.2. The average molecular weight is 193 g/mol. The Bertz CT molecular complexity index is 341. The quantitative estimate of drug-likeness (QED) is 0.770. The lowest BCUT2D eigenvalue weighted by Crippen LogP contribution is -2.41. The van der Waals surface area contributed by atoms with Gasteiger partial charge in [-0.05, 0) is 32.3 Å². The molecule has 0 saturated heterocycles. The van der Waals surface area contributed by atoms with E-state index in [-0.39, 0.29) is 5.91 Å². The summed E-state index contributed by atoms with van der Waals surface area (Å²) < 4.78 is 0. The van der Waals surface area contributed by atoms with Crippen LogP contribution in [0.2, 0.25) is 0 Å². The van der Waals surface area contributed by atoms with Crippen LogP contribution in [0.25, 0.3) is 0 Å². The molecule has 0 aliphatic heterocycles. The van der Waals surface area contributed by atoms with Crippen molar-refractivity contribution in [1.29, 1.82) is 0 Å². The van der Waals surface area contributed by atoms with Gasteiger partial charge in [0.1, 0.15) is 5.69 Å². The van der Waals surface area contributed by atoms with Crippen LogP contribution in [0.5, 0.6) is 0 Å². The van der Waals surface area contributed by atoms with Crippen molar-refractivity contribution < 1.29 is 4.79 Å². The van der Waals surface area contributed by atoms with E-state index in [1.807, 2.05) is 14.0 Å². The SMILES string of the molecule is Cc1cc(C(=O)N(C)C2CCC2)n[nH]1. The van der Waals surface area contributed by atoms with Crippen molar-refractivity contribution in [3.8, 4) is 0 Å². The van der Waals surface area contributed by atoms with Crippen molar-refractivity contribution in [1.82, 2.24) is 15.1 Å². The molecule has 1 aromatic rings. The lowest BCUT2D eigenvalue weighted by atomic mass is 9.92. The van der Waals surface area contributed by atoms with E-state index < -0.39 is 0 Å². The first kappa shape index (κ1) is 9.24. The normalized spacial score (nSPS) is 16.4. The summed E-state index contributed by atoms with van der Waals surface area (Å²) >= 11 is 0. The zero-order valence-corrected chi connectivity index (χ0v) is 8.58. The van der Waals surface area contributed by atoms with Gasteiger partial charge in [-0.15, -0.1) is 0 Å². The van der Waals surface area contributed by atoms with Gasteiger partial charge in [0.05, 0.1) is 0 Å². The second kappa shape index (κ2) is 3.44. The number of amides is 1. The minimum atomic E-state index is 0.0269. The lowest BCUT2D eigenvalue weighted by molar-refractivity contribution is 0.0646. The monoisotopic (exact) mass is 193 g/mol. The van der Waals surface area contributed by atoms with Crippen LogP contribution in [0, 0.1) is 6.92 Å². The number of nitrogens with zero attached hydrogens (tertiary/aromatic N) is 2. The first-order chi connectivity index (χ1) is 6.68. The summed E-state index contributed by atoms with van der Waals surface area (Å²) in [7, 11) is 1.86. The predicted molar refractivity (Wildman–Crippen MR) is 53.1 cm³/mol. The van der Waals surface area contributed by atoms with Crippen LogP contribution in [0.15, 0.2) is 6.07 Å².